The van der Waals surface area contributed by atoms with Crippen LogP contribution in [0.2, 0.25) is 0 Å². The van der Waals surface area contributed by atoms with E-state index >= 15 is 0 Å². The van der Waals surface area contributed by atoms with Gasteiger partial charge in [0.2, 0.25) is 0 Å². The van der Waals surface area contributed by atoms with Crippen LogP contribution < -0.4 is 5.32 Å². The van der Waals surface area contributed by atoms with E-state index in [1.807, 2.05) is 145 Å². The van der Waals surface area contributed by atoms with Crippen LogP contribution in [0, 0.1) is 59.2 Å². The highest BCUT2D eigenvalue weighted by atomic mass is 16.7. The molecule has 41 atom stereocenters. The largest absolute Gasteiger partial charge is 0.459 e. The predicted octanol–water partition coefficient (Wildman–Crippen LogP) is 5.22. The molecule has 0 aromatic heterocycles. The summed E-state index contributed by atoms with van der Waals surface area (Å²) in [6.07, 6.45) is -9.12. The van der Waals surface area contributed by atoms with Crippen LogP contribution in [-0.4, -0.2) is 347 Å². The van der Waals surface area contributed by atoms with Crippen molar-refractivity contribution >= 4 is 17.9 Å². The number of nitrogens with one attached hydrogen (secondary N) is 1. The van der Waals surface area contributed by atoms with Gasteiger partial charge in [-0.25, -0.2) is 0 Å². The lowest BCUT2D eigenvalue weighted by Gasteiger charge is -2.44. The van der Waals surface area contributed by atoms with E-state index in [9.17, 15) is 75.7 Å². The minimum Gasteiger partial charge on any atom is -0.459 e. The van der Waals surface area contributed by atoms with Gasteiger partial charge in [0.05, 0.1) is 59.8 Å². The Hall–Kier alpha value is -2.85. The summed E-state index contributed by atoms with van der Waals surface area (Å²) < 4.78 is 67.9. The van der Waals surface area contributed by atoms with Gasteiger partial charge in [-0.3, -0.25) is 14.4 Å². The highest BCUT2D eigenvalue weighted by molar-refractivity contribution is 5.74. The highest BCUT2D eigenvalue weighted by Crippen LogP contribution is 2.53. The summed E-state index contributed by atoms with van der Waals surface area (Å²) >= 11 is 0. The van der Waals surface area contributed by atoms with Crippen LogP contribution >= 0.6 is 0 Å². The maximum absolute atomic E-state index is 13.5. The van der Waals surface area contributed by atoms with Gasteiger partial charge in [-0.2, -0.15) is 0 Å². The summed E-state index contributed by atoms with van der Waals surface area (Å²) in [5, 5.41) is 139. The number of carbonyl (C=O) groups is 3. The molecule has 120 heavy (non-hydrogen) atoms. The van der Waals surface area contributed by atoms with Crippen LogP contribution in [0.15, 0.2) is 11.6 Å². The van der Waals surface area contributed by atoms with E-state index in [4.69, 9.17) is 52.1 Å². The molecule has 31 heteroatoms. The predicted molar refractivity (Wildman–Crippen MR) is 451 cm³/mol. The van der Waals surface area contributed by atoms with E-state index in [1.54, 1.807) is 62.3 Å². The fraction of sp³-hybridized carbons (Fsp3) is 0.944. The smallest absolute Gasteiger partial charge is 0.314 e. The minimum absolute atomic E-state index is 0.00179. The Morgan fingerprint density at radius 2 is 0.850 bits per heavy atom. The molecule has 4 bridgehead atoms. The molecule has 13 N–H and O–H groups in total. The van der Waals surface area contributed by atoms with Gasteiger partial charge in [0.15, 0.2) is 30.4 Å². The quantitative estimate of drug-likeness (QED) is 0.0677. The number of fused-ring (bicyclic) bond motifs is 4. The number of nitrogens with zero attached hydrogens (tertiary/aromatic N) is 4. The van der Waals surface area contributed by atoms with Crippen LogP contribution in [0.4, 0.5) is 0 Å². The molecule has 8 heterocycles. The molecular weight excluding hydrogens is 1550 g/mol. The molecule has 0 radical (unpaired) electrons. The van der Waals surface area contributed by atoms with Crippen molar-refractivity contribution in [3.8, 4) is 0 Å². The molecule has 7 fully saturated rings. The fourth-order valence-electron chi connectivity index (χ4n) is 20.5. The summed E-state index contributed by atoms with van der Waals surface area (Å²) in [5.41, 5.74) is -6.41. The van der Waals surface area contributed by atoms with E-state index in [1.165, 1.54) is 20.8 Å². The van der Waals surface area contributed by atoms with E-state index in [2.05, 4.69) is 18.3 Å². The normalized spacial score (nSPS) is 49.9. The zero-order chi connectivity index (χ0) is 91.4. The van der Waals surface area contributed by atoms with E-state index in [0.29, 0.717) is 45.3 Å². The van der Waals surface area contributed by atoms with Gasteiger partial charge < -0.3 is 138 Å². The molecule has 8 aliphatic heterocycles. The Morgan fingerprint density at radius 3 is 1.25 bits per heavy atom. The van der Waals surface area contributed by atoms with Gasteiger partial charge >= 0.3 is 17.9 Å². The monoisotopic (exact) mass is 1720 g/mol. The number of hydrogen-bond acceptors (Lipinski definition) is 31. The maximum atomic E-state index is 13.5. The third-order valence-corrected chi connectivity index (χ3v) is 28.6. The number of esters is 3. The SMILES string of the molecule is CC[C@H]1C[C@@H](C)O[C@@H](O[C@@H]2[C@@H](C)[C@]3(O)O[C@]2(C)C[C@@H](C)CN[C@H](C)[C@@H](O)[C@](C)(O)[C@@H](CC)OC(=O)[C@@H]3C)[C@@H]1O.CC[C@H]1OC(=O)[C@H](C)C(O)[C@H](C)[C@@H](O[C@@H]2O[C@H](C)C[C@H](N(C)C)[C@H]2O)/C(C)=C/[C@@H](C)CN(C)[C@H](C)[C@@H](O)[C@]1(C)O.CC[C@H]1OC(=O)[C@H](C)C2(O)O[C@@](C)(C[C@@H](C)CN(C)[C@H](C)[C@@H](O)[C@]1(C)O)[C@H](O[C@@H]1O[C@H](C)CC(N(C)C)[C@H]1O)[C@H]2C. The molecule has 7 saturated heterocycles. The fourth-order valence-corrected chi connectivity index (χ4v) is 20.5. The van der Waals surface area contributed by atoms with Crippen molar-refractivity contribution in [3.63, 3.8) is 0 Å². The van der Waals surface area contributed by atoms with Crippen molar-refractivity contribution in [1.29, 1.82) is 0 Å². The van der Waals surface area contributed by atoms with Crippen LogP contribution in [0.3, 0.4) is 0 Å². The average molecular weight is 1720 g/mol. The number of hydrogen-bond donors (Lipinski definition) is 13. The topological polar surface area (TPSA) is 420 Å². The number of aliphatic hydroxyl groups is 12. The summed E-state index contributed by atoms with van der Waals surface area (Å²) in [5.74, 6) is -11.2. The van der Waals surface area contributed by atoms with Gasteiger partial charge in [-0.15, -0.1) is 0 Å². The van der Waals surface area contributed by atoms with Crippen molar-refractivity contribution in [3.05, 3.63) is 11.6 Å². The Kier molecular flexibility index (Phi) is 37.6. The molecule has 8 aliphatic rings. The molecule has 3 unspecified atom stereocenters. The van der Waals surface area contributed by atoms with E-state index < -0.39 is 209 Å². The molecule has 0 saturated carbocycles. The van der Waals surface area contributed by atoms with Gasteiger partial charge in [0.1, 0.15) is 83.6 Å². The van der Waals surface area contributed by atoms with Gasteiger partial charge in [-0.1, -0.05) is 81.7 Å². The number of rotatable bonds is 12. The lowest BCUT2D eigenvalue weighted by molar-refractivity contribution is -0.287. The first-order valence-corrected chi connectivity index (χ1v) is 44.7. The molecule has 8 rings (SSSR count). The Balaban J connectivity index is 0.000000279. The molecule has 0 aromatic rings. The standard InChI is InChI=1S/C30H56N2O9.C30H56N2O8.C29H53NO9/c1-12-22-29(8,36)24(34)20(6)32(11)15-16(2)14-28(7)25(18(4)30(37,41-28)19(5)26(35)39-22)40-27-23(33)21(31(9)10)13-17(3)38-27;1-12-23-30(8,37)27(35)21(7)32(11)15-16(2)13-17(3)26(19(5)24(33)20(6)28(36)39-23)40-29-25(34)22(31(9)10)14-18(4)38-29;1-10-20-12-16(4)36-26(22(20)31)38-24-17(5)29(35)18(6)25(33)37-21(11-2)28(9,34)23(32)19(7)30-14-15(3)13-27(24,8)39-29/h16-25,27,33-34,36-37H,12-15H2,1-11H3;13,16,18-27,29,33-35,37H,12,14-15H2,1-11H3;15-24,26,30-32,34-35H,10-14H2,1-9H3/b;17-13+;/t16-,17-,18-,19+,20-,21?,22-,23-,24-,25-,27+,28+,29-,30?;16-,18-,19+,20-,21-,22+,23-,24?,25-,26+,27-,29+,30-;15-,16-,17-,18+,19-,20+,21-,22-,23-,24-,26+,27-,28-,29+/m111/s1. The van der Waals surface area contributed by atoms with Gasteiger partial charge in [-0.05, 0) is 233 Å². The van der Waals surface area contributed by atoms with Crippen molar-refractivity contribution in [2.45, 2.75) is 417 Å². The second-order valence-corrected chi connectivity index (χ2v) is 39.6. The number of carbonyl (C=O) groups excluding carboxylic acids is 3. The second-order valence-electron chi connectivity index (χ2n) is 39.6. The Bertz CT molecular complexity index is 3250. The second kappa shape index (κ2) is 42.6. The van der Waals surface area contributed by atoms with Gasteiger partial charge in [0.25, 0.3) is 0 Å². The minimum atomic E-state index is -1.96. The molecule has 0 aliphatic carbocycles. The van der Waals surface area contributed by atoms with Crippen molar-refractivity contribution in [2.75, 3.05) is 61.9 Å². The summed E-state index contributed by atoms with van der Waals surface area (Å²) in [4.78, 5) is 48.1. The molecule has 0 aromatic carbocycles. The average Bonchev–Trinajstić information content (AvgIpc) is 1.58. The number of likely N-dealkylation sites (N-methyl/N-ethyl adjacent to an activating group) is 4. The van der Waals surface area contributed by atoms with Crippen LogP contribution in [0.25, 0.3) is 0 Å². The number of aliphatic hydroxyl groups excluding tert-OH is 7. The number of cyclic esters (lactones) is 3. The summed E-state index contributed by atoms with van der Waals surface area (Å²) in [6, 6.07) is -1.71. The zero-order valence-corrected chi connectivity index (χ0v) is 78.6. The molecule has 0 amide bonds. The Morgan fingerprint density at radius 1 is 0.483 bits per heavy atom. The first-order chi connectivity index (χ1) is 55.2. The van der Waals surface area contributed by atoms with E-state index in [0.717, 1.165) is 18.4 Å². The van der Waals surface area contributed by atoms with Crippen molar-refractivity contribution < 1.29 is 128 Å². The van der Waals surface area contributed by atoms with Crippen LogP contribution in [0.1, 0.15) is 231 Å². The third kappa shape index (κ3) is 23.6. The first-order valence-electron chi connectivity index (χ1n) is 44.7. The molecule has 702 valence electrons. The lowest BCUT2D eigenvalue weighted by Crippen LogP contribution is -2.59. The van der Waals surface area contributed by atoms with E-state index in [-0.39, 0.29) is 73.3 Å². The summed E-state index contributed by atoms with van der Waals surface area (Å²) in [7, 11) is 11.4. The van der Waals surface area contributed by atoms with Gasteiger partial charge in [0, 0.05) is 61.1 Å². The Labute approximate surface area is 717 Å². The molecule has 31 nitrogen and oxygen atoms in total. The third-order valence-electron chi connectivity index (χ3n) is 28.6. The van der Waals surface area contributed by atoms with Crippen molar-refractivity contribution in [1.82, 2.24) is 24.9 Å². The zero-order valence-electron chi connectivity index (χ0n) is 78.6. The number of ether oxygens (including phenoxy) is 11. The van der Waals surface area contributed by atoms with Crippen LogP contribution in [-0.2, 0) is 66.5 Å². The van der Waals surface area contributed by atoms with Crippen LogP contribution in [0.5, 0.6) is 0 Å². The lowest BCUT2D eigenvalue weighted by atomic mass is 9.80. The molecular formula is C89H165N5O26. The summed E-state index contributed by atoms with van der Waals surface area (Å²) in [6.45, 7) is 46.5. The van der Waals surface area contributed by atoms with Crippen molar-refractivity contribution in [2.24, 2.45) is 59.2 Å². The maximum Gasteiger partial charge on any atom is 0.314 e. The molecule has 0 spiro atoms. The first kappa shape index (κ1) is 106. The highest BCUT2D eigenvalue weighted by Gasteiger charge is 2.67.